The zero-order valence-electron chi connectivity index (χ0n) is 12.2. The Hall–Kier alpha value is -3.55. The minimum absolute atomic E-state index is 0.0762. The Labute approximate surface area is 135 Å². The second kappa shape index (κ2) is 6.29. The zero-order valence-corrected chi connectivity index (χ0v) is 12.2. The number of carbonyl (C=O) groups is 2. The van der Waals surface area contributed by atoms with Gasteiger partial charge in [-0.1, -0.05) is 0 Å². The van der Waals surface area contributed by atoms with Gasteiger partial charge >= 0.3 is 0 Å². The third-order valence-electron chi connectivity index (χ3n) is 3.29. The van der Waals surface area contributed by atoms with E-state index in [9.17, 15) is 19.1 Å². The van der Waals surface area contributed by atoms with Crippen LogP contribution in [0.1, 0.15) is 20.7 Å². The van der Waals surface area contributed by atoms with Crippen LogP contribution in [0.5, 0.6) is 5.75 Å². The lowest BCUT2D eigenvalue weighted by Crippen LogP contribution is -2.13. The average Bonchev–Trinajstić information content (AvgIpc) is 3.12. The molecule has 2 aromatic carbocycles. The summed E-state index contributed by atoms with van der Waals surface area (Å²) < 4.78 is 15.1. The Morgan fingerprint density at radius 2 is 2.00 bits per heavy atom. The van der Waals surface area contributed by atoms with Crippen LogP contribution in [0.2, 0.25) is 0 Å². The van der Waals surface area contributed by atoms with E-state index < -0.39 is 17.5 Å². The molecule has 2 N–H and O–H groups in total. The highest BCUT2D eigenvalue weighted by Gasteiger charge is 2.14. The number of aromatic nitrogens is 3. The van der Waals surface area contributed by atoms with Crippen molar-refractivity contribution in [3.8, 4) is 11.4 Å². The van der Waals surface area contributed by atoms with E-state index in [0.717, 1.165) is 17.8 Å². The molecule has 0 aliphatic carbocycles. The third-order valence-corrected chi connectivity index (χ3v) is 3.29. The highest BCUT2D eigenvalue weighted by Crippen LogP contribution is 2.22. The fourth-order valence-electron chi connectivity index (χ4n) is 2.08. The molecular formula is C16H11FN4O3. The quantitative estimate of drug-likeness (QED) is 0.716. The normalized spacial score (nSPS) is 10.4. The molecule has 0 aliphatic heterocycles. The first-order chi connectivity index (χ1) is 11.6. The SMILES string of the molecule is O=Cc1cc(C(=O)Nc2ccc(-n3cncn3)cc2)cc(F)c1O. The molecule has 1 aromatic heterocycles. The number of benzene rings is 2. The summed E-state index contributed by atoms with van der Waals surface area (Å²) in [5, 5.41) is 15.9. The zero-order chi connectivity index (χ0) is 17.1. The van der Waals surface area contributed by atoms with Crippen LogP contribution in [0.15, 0.2) is 49.1 Å². The van der Waals surface area contributed by atoms with Gasteiger partial charge in [0.1, 0.15) is 12.7 Å². The van der Waals surface area contributed by atoms with Crippen LogP contribution in [-0.2, 0) is 0 Å². The molecule has 0 unspecified atom stereocenters. The van der Waals surface area contributed by atoms with E-state index in [2.05, 4.69) is 15.4 Å². The van der Waals surface area contributed by atoms with Gasteiger partial charge in [-0.15, -0.1) is 0 Å². The van der Waals surface area contributed by atoms with Gasteiger partial charge in [-0.2, -0.15) is 5.10 Å². The first-order valence-electron chi connectivity index (χ1n) is 6.82. The predicted octanol–water partition coefficient (Wildman–Crippen LogP) is 2.18. The van der Waals surface area contributed by atoms with Crippen LogP contribution in [-0.4, -0.2) is 32.1 Å². The molecule has 1 heterocycles. The van der Waals surface area contributed by atoms with E-state index in [0.29, 0.717) is 5.69 Å². The molecule has 0 saturated carbocycles. The molecular weight excluding hydrogens is 315 g/mol. The van der Waals surface area contributed by atoms with Gasteiger partial charge in [0, 0.05) is 11.3 Å². The predicted molar refractivity (Wildman–Crippen MR) is 82.8 cm³/mol. The number of hydrogen-bond donors (Lipinski definition) is 2. The van der Waals surface area contributed by atoms with Crippen molar-refractivity contribution >= 4 is 17.9 Å². The number of nitrogens with zero attached hydrogens (tertiary/aromatic N) is 3. The Balaban J connectivity index is 1.80. The maximum Gasteiger partial charge on any atom is 0.255 e. The Bertz CT molecular complexity index is 892. The number of aromatic hydroxyl groups is 1. The van der Waals surface area contributed by atoms with Crippen molar-refractivity contribution in [3.05, 3.63) is 66.0 Å². The Morgan fingerprint density at radius 3 is 2.62 bits per heavy atom. The molecule has 24 heavy (non-hydrogen) atoms. The number of hydrogen-bond acceptors (Lipinski definition) is 5. The molecule has 0 atom stereocenters. The highest BCUT2D eigenvalue weighted by atomic mass is 19.1. The number of phenols is 1. The van der Waals surface area contributed by atoms with E-state index >= 15 is 0 Å². The first-order valence-corrected chi connectivity index (χ1v) is 6.82. The van der Waals surface area contributed by atoms with Crippen LogP contribution in [0.4, 0.5) is 10.1 Å². The van der Waals surface area contributed by atoms with Crippen LogP contribution < -0.4 is 5.32 Å². The summed E-state index contributed by atoms with van der Waals surface area (Å²) in [6, 6.07) is 8.71. The minimum Gasteiger partial charge on any atom is -0.504 e. The number of aldehydes is 1. The van der Waals surface area contributed by atoms with Crippen molar-refractivity contribution in [2.45, 2.75) is 0 Å². The lowest BCUT2D eigenvalue weighted by Gasteiger charge is -2.08. The van der Waals surface area contributed by atoms with E-state index in [1.807, 2.05) is 0 Å². The molecule has 3 rings (SSSR count). The molecule has 0 saturated heterocycles. The van der Waals surface area contributed by atoms with Crippen molar-refractivity contribution in [3.63, 3.8) is 0 Å². The molecule has 0 spiro atoms. The van der Waals surface area contributed by atoms with Crippen LogP contribution >= 0.6 is 0 Å². The highest BCUT2D eigenvalue weighted by molar-refractivity contribution is 6.05. The van der Waals surface area contributed by atoms with Crippen molar-refractivity contribution in [1.82, 2.24) is 14.8 Å². The molecule has 7 nitrogen and oxygen atoms in total. The minimum atomic E-state index is -1.04. The summed E-state index contributed by atoms with van der Waals surface area (Å²) >= 11 is 0. The molecule has 8 heteroatoms. The summed E-state index contributed by atoms with van der Waals surface area (Å²) in [5.74, 6) is -2.42. The molecule has 0 fully saturated rings. The summed E-state index contributed by atoms with van der Waals surface area (Å²) in [5.41, 5.74) is 0.865. The average molecular weight is 326 g/mol. The smallest absolute Gasteiger partial charge is 0.255 e. The van der Waals surface area contributed by atoms with Crippen molar-refractivity contribution < 1.29 is 19.1 Å². The second-order valence-electron chi connectivity index (χ2n) is 4.85. The standard InChI is InChI=1S/C16H11FN4O3/c17-14-6-10(5-11(7-22)15(14)23)16(24)20-12-1-3-13(4-2-12)21-9-18-8-19-21/h1-9,23H,(H,20,24). The third kappa shape index (κ3) is 2.98. The molecule has 3 aromatic rings. The number of carbonyl (C=O) groups excluding carboxylic acids is 2. The lowest BCUT2D eigenvalue weighted by molar-refractivity contribution is 0.102. The topological polar surface area (TPSA) is 97.1 Å². The van der Waals surface area contributed by atoms with Crippen LogP contribution in [0.25, 0.3) is 5.69 Å². The number of nitrogens with one attached hydrogen (secondary N) is 1. The number of anilines is 1. The second-order valence-corrected chi connectivity index (χ2v) is 4.85. The lowest BCUT2D eigenvalue weighted by atomic mass is 10.1. The van der Waals surface area contributed by atoms with Crippen molar-refractivity contribution in [2.75, 3.05) is 5.32 Å². The number of phenolic OH excluding ortho intramolecular Hbond substituents is 1. The van der Waals surface area contributed by atoms with Gasteiger partial charge in [0.2, 0.25) is 0 Å². The fraction of sp³-hybridized carbons (Fsp3) is 0. The largest absolute Gasteiger partial charge is 0.504 e. The van der Waals surface area contributed by atoms with Gasteiger partial charge in [-0.3, -0.25) is 9.59 Å². The van der Waals surface area contributed by atoms with Gasteiger partial charge < -0.3 is 10.4 Å². The van der Waals surface area contributed by atoms with E-state index in [1.165, 1.54) is 12.7 Å². The van der Waals surface area contributed by atoms with E-state index in [-0.39, 0.29) is 17.4 Å². The van der Waals surface area contributed by atoms with Crippen LogP contribution in [0.3, 0.4) is 0 Å². The van der Waals surface area contributed by atoms with Crippen molar-refractivity contribution in [1.29, 1.82) is 0 Å². The number of amides is 1. The van der Waals surface area contributed by atoms with Crippen LogP contribution in [0, 0.1) is 5.82 Å². The maximum atomic E-state index is 13.5. The molecule has 120 valence electrons. The monoisotopic (exact) mass is 326 g/mol. The van der Waals surface area contributed by atoms with Gasteiger partial charge in [-0.25, -0.2) is 14.1 Å². The van der Waals surface area contributed by atoms with Gasteiger partial charge in [0.15, 0.2) is 17.9 Å². The molecule has 1 amide bonds. The summed E-state index contributed by atoms with van der Waals surface area (Å²) in [6.45, 7) is 0. The maximum absolute atomic E-state index is 13.5. The van der Waals surface area contributed by atoms with E-state index in [4.69, 9.17) is 0 Å². The number of halogens is 1. The van der Waals surface area contributed by atoms with Gasteiger partial charge in [0.25, 0.3) is 5.91 Å². The van der Waals surface area contributed by atoms with Crippen molar-refractivity contribution in [2.24, 2.45) is 0 Å². The fourth-order valence-corrected chi connectivity index (χ4v) is 2.08. The first kappa shape index (κ1) is 15.3. The Morgan fingerprint density at radius 1 is 1.25 bits per heavy atom. The number of rotatable bonds is 4. The Kier molecular flexibility index (Phi) is 4.02. The van der Waals surface area contributed by atoms with Gasteiger partial charge in [0.05, 0.1) is 11.3 Å². The molecule has 0 aliphatic rings. The summed E-state index contributed by atoms with van der Waals surface area (Å²) in [6.07, 6.45) is 3.22. The summed E-state index contributed by atoms with van der Waals surface area (Å²) in [7, 11) is 0. The van der Waals surface area contributed by atoms with Gasteiger partial charge in [-0.05, 0) is 36.4 Å². The molecule has 0 bridgehead atoms. The van der Waals surface area contributed by atoms with E-state index in [1.54, 1.807) is 28.9 Å². The summed E-state index contributed by atoms with van der Waals surface area (Å²) in [4.78, 5) is 26.8. The molecule has 0 radical (unpaired) electrons.